The van der Waals surface area contributed by atoms with E-state index in [-0.39, 0.29) is 6.61 Å². The lowest BCUT2D eigenvalue weighted by atomic mass is 9.78. The normalized spacial score (nSPS) is 22.5. The van der Waals surface area contributed by atoms with Gasteiger partial charge in [-0.15, -0.1) is 0 Å². The largest absolute Gasteiger partial charge is 0.392 e. The molecule has 0 aliphatic heterocycles. The highest BCUT2D eigenvalue weighted by Gasteiger charge is 2.30. The van der Waals surface area contributed by atoms with E-state index in [4.69, 9.17) is 0 Å². The molecule has 3 nitrogen and oxygen atoms in total. The molecule has 2 aliphatic rings. The number of aromatic nitrogens is 2. The number of aliphatic hydroxyl groups excluding tert-OH is 1. The van der Waals surface area contributed by atoms with Gasteiger partial charge in [-0.3, -0.25) is 5.10 Å². The summed E-state index contributed by atoms with van der Waals surface area (Å²) < 4.78 is 0. The molecule has 0 spiro atoms. The first kappa shape index (κ1) is 9.40. The number of aliphatic hydroxyl groups is 1. The molecule has 1 aromatic rings. The van der Waals surface area contributed by atoms with E-state index in [0.29, 0.717) is 11.8 Å². The van der Waals surface area contributed by atoms with Gasteiger partial charge in [0.1, 0.15) is 0 Å². The Hall–Kier alpha value is -0.830. The van der Waals surface area contributed by atoms with Crippen molar-refractivity contribution in [1.82, 2.24) is 10.2 Å². The van der Waals surface area contributed by atoms with Crippen LogP contribution < -0.4 is 0 Å². The second-order valence-corrected chi connectivity index (χ2v) is 4.91. The molecule has 0 amide bonds. The zero-order valence-electron chi connectivity index (χ0n) is 9.00. The third-order valence-corrected chi connectivity index (χ3v) is 4.09. The van der Waals surface area contributed by atoms with Crippen molar-refractivity contribution >= 4 is 0 Å². The van der Waals surface area contributed by atoms with Gasteiger partial charge in [-0.2, -0.15) is 5.10 Å². The first-order chi connectivity index (χ1) is 7.40. The monoisotopic (exact) mass is 206 g/mol. The van der Waals surface area contributed by atoms with E-state index in [1.165, 1.54) is 44.2 Å². The smallest absolute Gasteiger partial charge is 0.0718 e. The maximum atomic E-state index is 9.47. The third kappa shape index (κ3) is 1.41. The van der Waals surface area contributed by atoms with Crippen LogP contribution in [-0.2, 0) is 6.61 Å². The molecule has 0 saturated heterocycles. The molecule has 0 unspecified atom stereocenters. The van der Waals surface area contributed by atoms with Crippen LogP contribution in [0.3, 0.4) is 0 Å². The highest BCUT2D eigenvalue weighted by Crippen LogP contribution is 2.42. The van der Waals surface area contributed by atoms with E-state index in [0.717, 1.165) is 11.3 Å². The summed E-state index contributed by atoms with van der Waals surface area (Å²) in [5.74, 6) is 1.27. The van der Waals surface area contributed by atoms with Crippen molar-refractivity contribution in [2.24, 2.45) is 0 Å². The summed E-state index contributed by atoms with van der Waals surface area (Å²) >= 11 is 0. The lowest BCUT2D eigenvalue weighted by molar-refractivity contribution is 0.272. The predicted molar refractivity (Wildman–Crippen MR) is 57.7 cm³/mol. The molecule has 1 heterocycles. The Morgan fingerprint density at radius 3 is 2.27 bits per heavy atom. The molecule has 3 rings (SSSR count). The van der Waals surface area contributed by atoms with Crippen molar-refractivity contribution < 1.29 is 5.11 Å². The van der Waals surface area contributed by atoms with Crippen molar-refractivity contribution in [2.75, 3.05) is 0 Å². The van der Waals surface area contributed by atoms with E-state index in [2.05, 4.69) is 10.2 Å². The molecule has 82 valence electrons. The molecule has 2 N–H and O–H groups in total. The van der Waals surface area contributed by atoms with Gasteiger partial charge in [0.2, 0.25) is 0 Å². The molecule has 0 bridgehead atoms. The van der Waals surface area contributed by atoms with Gasteiger partial charge < -0.3 is 5.11 Å². The Kier molecular flexibility index (Phi) is 2.28. The number of hydrogen-bond donors (Lipinski definition) is 2. The second-order valence-electron chi connectivity index (χ2n) is 4.91. The summed E-state index contributed by atoms with van der Waals surface area (Å²) in [6.45, 7) is 0.161. The number of hydrogen-bond acceptors (Lipinski definition) is 2. The van der Waals surface area contributed by atoms with Crippen LogP contribution >= 0.6 is 0 Å². The van der Waals surface area contributed by atoms with Crippen LogP contribution in [0.4, 0.5) is 0 Å². The van der Waals surface area contributed by atoms with Gasteiger partial charge in [-0.25, -0.2) is 0 Å². The van der Waals surface area contributed by atoms with E-state index in [1.54, 1.807) is 0 Å². The van der Waals surface area contributed by atoms with E-state index in [9.17, 15) is 5.11 Å². The van der Waals surface area contributed by atoms with Gasteiger partial charge >= 0.3 is 0 Å². The lowest BCUT2D eigenvalue weighted by Gasteiger charge is -2.27. The van der Waals surface area contributed by atoms with Crippen molar-refractivity contribution in [1.29, 1.82) is 0 Å². The average molecular weight is 206 g/mol. The van der Waals surface area contributed by atoms with Gasteiger partial charge in [0.15, 0.2) is 0 Å². The van der Waals surface area contributed by atoms with E-state index >= 15 is 0 Å². The maximum Gasteiger partial charge on any atom is 0.0718 e. The average Bonchev–Trinajstić information content (AvgIpc) is 2.43. The second kappa shape index (κ2) is 3.63. The molecule has 0 radical (unpaired) electrons. The van der Waals surface area contributed by atoms with Gasteiger partial charge in [0.05, 0.1) is 12.3 Å². The van der Waals surface area contributed by atoms with Crippen LogP contribution in [0.5, 0.6) is 0 Å². The molecular weight excluding hydrogens is 188 g/mol. The number of aromatic amines is 1. The fourth-order valence-corrected chi connectivity index (χ4v) is 2.61. The molecule has 0 aromatic carbocycles. The van der Waals surface area contributed by atoms with Crippen molar-refractivity contribution in [2.45, 2.75) is 57.0 Å². The highest BCUT2D eigenvalue weighted by molar-refractivity contribution is 5.31. The molecule has 15 heavy (non-hydrogen) atoms. The first-order valence-electron chi connectivity index (χ1n) is 6.08. The Morgan fingerprint density at radius 1 is 1.13 bits per heavy atom. The molecule has 0 atom stereocenters. The Morgan fingerprint density at radius 2 is 1.80 bits per heavy atom. The Bertz CT molecular complexity index is 319. The first-order valence-corrected chi connectivity index (χ1v) is 6.08. The summed E-state index contributed by atoms with van der Waals surface area (Å²) in [5, 5.41) is 17.1. The quantitative estimate of drug-likeness (QED) is 0.798. The standard InChI is InChI=1S/C12H18N2O/c15-7-10-11(8-3-1-4-8)13-14-12(10)9-5-2-6-9/h8-9,15H,1-7H2,(H,13,14). The van der Waals surface area contributed by atoms with Gasteiger partial charge in [0.25, 0.3) is 0 Å². The van der Waals surface area contributed by atoms with Crippen molar-refractivity contribution in [3.63, 3.8) is 0 Å². The fourth-order valence-electron chi connectivity index (χ4n) is 2.61. The van der Waals surface area contributed by atoms with Crippen LogP contribution in [0.2, 0.25) is 0 Å². The van der Waals surface area contributed by atoms with Gasteiger partial charge in [-0.05, 0) is 25.7 Å². The maximum absolute atomic E-state index is 9.47. The molecule has 2 saturated carbocycles. The molecule has 3 heteroatoms. The van der Waals surface area contributed by atoms with E-state index in [1.807, 2.05) is 0 Å². The zero-order chi connectivity index (χ0) is 10.3. The predicted octanol–water partition coefficient (Wildman–Crippen LogP) is 2.44. The number of nitrogens with one attached hydrogen (secondary N) is 1. The van der Waals surface area contributed by atoms with E-state index < -0.39 is 0 Å². The minimum Gasteiger partial charge on any atom is -0.392 e. The van der Waals surface area contributed by atoms with Gasteiger partial charge in [0, 0.05) is 23.1 Å². The van der Waals surface area contributed by atoms with Crippen LogP contribution in [0.25, 0.3) is 0 Å². The SMILES string of the molecule is OCc1c(C2CCC2)n[nH]c1C1CCC1. The van der Waals surface area contributed by atoms with Crippen LogP contribution in [0, 0.1) is 0 Å². The minimum absolute atomic E-state index is 0.161. The van der Waals surface area contributed by atoms with Crippen LogP contribution in [-0.4, -0.2) is 15.3 Å². The van der Waals surface area contributed by atoms with Crippen LogP contribution in [0.1, 0.15) is 67.3 Å². The van der Waals surface area contributed by atoms with Crippen LogP contribution in [0.15, 0.2) is 0 Å². The third-order valence-electron chi connectivity index (χ3n) is 4.09. The molecular formula is C12H18N2O. The zero-order valence-corrected chi connectivity index (χ0v) is 9.00. The molecule has 2 aliphatic carbocycles. The number of nitrogens with zero attached hydrogens (tertiary/aromatic N) is 1. The number of rotatable bonds is 3. The highest BCUT2D eigenvalue weighted by atomic mass is 16.3. The fraction of sp³-hybridized carbons (Fsp3) is 0.750. The lowest BCUT2D eigenvalue weighted by Crippen LogP contribution is -2.14. The topological polar surface area (TPSA) is 48.9 Å². The summed E-state index contributed by atoms with van der Waals surface area (Å²) in [5.41, 5.74) is 3.50. The Balaban J connectivity index is 1.90. The minimum atomic E-state index is 0.161. The summed E-state index contributed by atoms with van der Waals surface area (Å²) in [7, 11) is 0. The van der Waals surface area contributed by atoms with Crippen molar-refractivity contribution in [3.05, 3.63) is 17.0 Å². The summed E-state index contributed by atoms with van der Waals surface area (Å²) in [6.07, 6.45) is 7.68. The van der Waals surface area contributed by atoms with Crippen molar-refractivity contribution in [3.8, 4) is 0 Å². The molecule has 1 aromatic heterocycles. The van der Waals surface area contributed by atoms with Gasteiger partial charge in [-0.1, -0.05) is 12.8 Å². The summed E-state index contributed by atoms with van der Waals surface area (Å²) in [6, 6.07) is 0. The summed E-state index contributed by atoms with van der Waals surface area (Å²) in [4.78, 5) is 0. The number of H-pyrrole nitrogens is 1. The molecule has 2 fully saturated rings. The Labute approximate surface area is 89.9 Å².